The number of amides is 1. The number of nitrogens with zero attached hydrogens (tertiary/aromatic N) is 1. The molecule has 192 valence electrons. The number of aliphatic hydroxyl groups is 1. The fourth-order valence-corrected chi connectivity index (χ4v) is 4.51. The van der Waals surface area contributed by atoms with Crippen molar-refractivity contribution in [2.45, 2.75) is 6.04 Å². The molecular formula is C27H24ClNO8. The van der Waals surface area contributed by atoms with E-state index in [1.165, 1.54) is 52.7 Å². The number of Topliss-reactive ketones (excluding diaryl/α,β-unsaturated/α-hetero) is 1. The van der Waals surface area contributed by atoms with E-state index < -0.39 is 23.5 Å². The standard InChI is InChI=1S/C27H24ClNO8/c1-34-19-10-9-15(28)13-16(19)24(31)22-23(14-11-20(35-2)26(37-4)21(12-14)36-3)29(27(33)25(22)32)17-7-5-6-8-18(17)30/h5-13,23,30-31H,1-4H3/b24-22+. The number of phenolic OH excluding ortho intramolecular Hbond substituents is 1. The van der Waals surface area contributed by atoms with Crippen molar-refractivity contribution < 1.29 is 38.7 Å². The van der Waals surface area contributed by atoms with Crippen LogP contribution in [0.2, 0.25) is 5.02 Å². The van der Waals surface area contributed by atoms with Crippen LogP contribution in [0.15, 0.2) is 60.2 Å². The van der Waals surface area contributed by atoms with Crippen molar-refractivity contribution >= 4 is 34.7 Å². The van der Waals surface area contributed by atoms with Gasteiger partial charge >= 0.3 is 0 Å². The zero-order valence-electron chi connectivity index (χ0n) is 20.4. The minimum atomic E-state index is -1.19. The van der Waals surface area contributed by atoms with Gasteiger partial charge in [0.05, 0.1) is 51.3 Å². The van der Waals surface area contributed by atoms with Crippen molar-refractivity contribution in [1.29, 1.82) is 0 Å². The van der Waals surface area contributed by atoms with Crippen LogP contribution in [-0.2, 0) is 9.59 Å². The van der Waals surface area contributed by atoms with Gasteiger partial charge in [-0.05, 0) is 48.0 Å². The summed E-state index contributed by atoms with van der Waals surface area (Å²) in [6.07, 6.45) is 0. The van der Waals surface area contributed by atoms with E-state index in [9.17, 15) is 19.8 Å². The smallest absolute Gasteiger partial charge is 0.300 e. The summed E-state index contributed by atoms with van der Waals surface area (Å²) in [6.45, 7) is 0. The van der Waals surface area contributed by atoms with E-state index in [0.29, 0.717) is 11.3 Å². The first kappa shape index (κ1) is 25.7. The fraction of sp³-hybridized carbons (Fsp3) is 0.185. The molecule has 4 rings (SSSR count). The molecule has 1 amide bonds. The molecule has 0 bridgehead atoms. The Bertz CT molecular complexity index is 1390. The van der Waals surface area contributed by atoms with E-state index >= 15 is 0 Å². The molecule has 9 nitrogen and oxygen atoms in total. The number of carbonyl (C=O) groups excluding carboxylic acids is 2. The van der Waals surface area contributed by atoms with Crippen molar-refractivity contribution in [2.24, 2.45) is 0 Å². The molecule has 0 spiro atoms. The molecule has 1 aliphatic rings. The topological polar surface area (TPSA) is 115 Å². The minimum absolute atomic E-state index is 0.0699. The predicted octanol–water partition coefficient (Wildman–Crippen LogP) is 4.71. The number of benzene rings is 3. The molecule has 0 radical (unpaired) electrons. The maximum absolute atomic E-state index is 13.5. The highest BCUT2D eigenvalue weighted by atomic mass is 35.5. The molecule has 1 atom stereocenters. The molecule has 0 aliphatic carbocycles. The van der Waals surface area contributed by atoms with Gasteiger partial charge in [0, 0.05) is 5.02 Å². The van der Waals surface area contributed by atoms with Gasteiger partial charge in [0.1, 0.15) is 17.3 Å². The quantitative estimate of drug-likeness (QED) is 0.259. The number of aliphatic hydroxyl groups excluding tert-OH is 1. The highest BCUT2D eigenvalue weighted by molar-refractivity contribution is 6.52. The molecule has 1 saturated heterocycles. The van der Waals surface area contributed by atoms with Gasteiger partial charge in [-0.25, -0.2) is 0 Å². The van der Waals surface area contributed by atoms with Crippen molar-refractivity contribution in [3.63, 3.8) is 0 Å². The summed E-state index contributed by atoms with van der Waals surface area (Å²) in [6, 6.07) is 12.5. The molecule has 3 aromatic carbocycles. The largest absolute Gasteiger partial charge is 0.507 e. The van der Waals surface area contributed by atoms with E-state index in [2.05, 4.69) is 0 Å². The Morgan fingerprint density at radius 2 is 1.49 bits per heavy atom. The number of methoxy groups -OCH3 is 4. The molecule has 37 heavy (non-hydrogen) atoms. The molecule has 10 heteroatoms. The van der Waals surface area contributed by atoms with E-state index in [0.717, 1.165) is 4.90 Å². The van der Waals surface area contributed by atoms with Crippen molar-refractivity contribution in [3.05, 3.63) is 76.3 Å². The number of anilines is 1. The van der Waals surface area contributed by atoms with Crippen molar-refractivity contribution in [2.75, 3.05) is 33.3 Å². The lowest BCUT2D eigenvalue weighted by Crippen LogP contribution is -2.29. The summed E-state index contributed by atoms with van der Waals surface area (Å²) in [7, 11) is 5.70. The first-order chi connectivity index (χ1) is 17.8. The second-order valence-corrected chi connectivity index (χ2v) is 8.40. The van der Waals surface area contributed by atoms with Gasteiger partial charge in [-0.1, -0.05) is 23.7 Å². The Morgan fingerprint density at radius 1 is 0.865 bits per heavy atom. The summed E-state index contributed by atoms with van der Waals surface area (Å²) in [5.41, 5.74) is 0.283. The molecule has 1 unspecified atom stereocenters. The van der Waals surface area contributed by atoms with E-state index in [1.807, 2.05) is 0 Å². The lowest BCUT2D eigenvalue weighted by atomic mass is 9.94. The second kappa shape index (κ2) is 10.3. The number of aromatic hydroxyl groups is 1. The number of hydrogen-bond acceptors (Lipinski definition) is 8. The van der Waals surface area contributed by atoms with Crippen molar-refractivity contribution in [3.8, 4) is 28.7 Å². The van der Waals surface area contributed by atoms with E-state index in [1.54, 1.807) is 30.3 Å². The Morgan fingerprint density at radius 3 is 2.05 bits per heavy atom. The highest BCUT2D eigenvalue weighted by Gasteiger charge is 2.48. The summed E-state index contributed by atoms with van der Waals surface area (Å²) in [5.74, 6) is -1.61. The molecule has 2 N–H and O–H groups in total. The molecule has 1 heterocycles. The number of halogens is 1. The summed E-state index contributed by atoms with van der Waals surface area (Å²) >= 11 is 6.17. The van der Waals surface area contributed by atoms with Crippen LogP contribution < -0.4 is 23.8 Å². The van der Waals surface area contributed by atoms with Crippen LogP contribution in [0.5, 0.6) is 28.7 Å². The number of rotatable bonds is 7. The average molecular weight is 526 g/mol. The van der Waals surface area contributed by atoms with Crippen LogP contribution in [0.4, 0.5) is 5.69 Å². The number of phenols is 1. The lowest BCUT2D eigenvalue weighted by molar-refractivity contribution is -0.132. The number of ether oxygens (including phenoxy) is 4. The normalized spacial score (nSPS) is 16.6. The van der Waals surface area contributed by atoms with E-state index in [4.69, 9.17) is 30.5 Å². The third kappa shape index (κ3) is 4.38. The monoisotopic (exact) mass is 525 g/mol. The minimum Gasteiger partial charge on any atom is -0.507 e. The number of hydrogen-bond donors (Lipinski definition) is 2. The Kier molecular flexibility index (Phi) is 7.17. The van der Waals surface area contributed by atoms with Gasteiger partial charge < -0.3 is 29.2 Å². The first-order valence-corrected chi connectivity index (χ1v) is 11.4. The zero-order valence-corrected chi connectivity index (χ0v) is 21.2. The van der Waals surface area contributed by atoms with Crippen LogP contribution in [0.1, 0.15) is 17.2 Å². The van der Waals surface area contributed by atoms with Gasteiger partial charge in [-0.2, -0.15) is 0 Å². The molecule has 0 aromatic heterocycles. The van der Waals surface area contributed by atoms with Crippen LogP contribution in [0, 0.1) is 0 Å². The summed E-state index contributed by atoms with van der Waals surface area (Å²) in [5, 5.41) is 22.3. The Labute approximate surface area is 218 Å². The first-order valence-electron chi connectivity index (χ1n) is 11.0. The predicted molar refractivity (Wildman–Crippen MR) is 137 cm³/mol. The zero-order chi connectivity index (χ0) is 26.9. The third-order valence-electron chi connectivity index (χ3n) is 6.01. The maximum Gasteiger partial charge on any atom is 0.300 e. The van der Waals surface area contributed by atoms with Crippen LogP contribution >= 0.6 is 11.6 Å². The van der Waals surface area contributed by atoms with Crippen molar-refractivity contribution in [1.82, 2.24) is 0 Å². The Balaban J connectivity index is 2.07. The van der Waals surface area contributed by atoms with Crippen LogP contribution in [0.3, 0.4) is 0 Å². The van der Waals surface area contributed by atoms with E-state index in [-0.39, 0.29) is 44.8 Å². The van der Waals surface area contributed by atoms with Crippen LogP contribution in [-0.4, -0.2) is 50.3 Å². The van der Waals surface area contributed by atoms with Gasteiger partial charge in [0.25, 0.3) is 11.7 Å². The maximum atomic E-state index is 13.5. The SMILES string of the molecule is COc1ccc(Cl)cc1/C(O)=C1\C(=O)C(=O)N(c2ccccc2O)C1c1cc(OC)c(OC)c(OC)c1. The average Bonchev–Trinajstić information content (AvgIpc) is 3.17. The fourth-order valence-electron chi connectivity index (χ4n) is 4.33. The molecule has 3 aromatic rings. The highest BCUT2D eigenvalue weighted by Crippen LogP contribution is 2.49. The summed E-state index contributed by atoms with van der Waals surface area (Å²) in [4.78, 5) is 28.0. The van der Waals surface area contributed by atoms with Gasteiger partial charge in [0.2, 0.25) is 5.75 Å². The molecular weight excluding hydrogens is 502 g/mol. The van der Waals surface area contributed by atoms with Crippen LogP contribution in [0.25, 0.3) is 5.76 Å². The lowest BCUT2D eigenvalue weighted by Gasteiger charge is -2.27. The molecule has 0 saturated carbocycles. The van der Waals surface area contributed by atoms with Gasteiger partial charge in [0.15, 0.2) is 11.5 Å². The summed E-state index contributed by atoms with van der Waals surface area (Å²) < 4.78 is 21.7. The third-order valence-corrected chi connectivity index (χ3v) is 6.24. The van der Waals surface area contributed by atoms with Gasteiger partial charge in [-0.15, -0.1) is 0 Å². The number of para-hydroxylation sites is 2. The molecule has 1 aliphatic heterocycles. The number of carbonyl (C=O) groups is 2. The molecule has 1 fully saturated rings. The van der Waals surface area contributed by atoms with Gasteiger partial charge in [-0.3, -0.25) is 14.5 Å². The second-order valence-electron chi connectivity index (χ2n) is 7.96. The Hall–Kier alpha value is -4.37. The number of ketones is 1.